The summed E-state index contributed by atoms with van der Waals surface area (Å²) in [4.78, 5) is 4.19. The molecule has 3 N–H and O–H groups in total. The number of nitrogens with zero attached hydrogens (tertiary/aromatic N) is 1. The Bertz CT molecular complexity index is 320. The molecule has 1 fully saturated rings. The summed E-state index contributed by atoms with van der Waals surface area (Å²) in [5, 5.41) is 10.3. The molecule has 1 aliphatic carbocycles. The molecule has 1 aliphatic rings. The fourth-order valence-corrected chi connectivity index (χ4v) is 2.68. The number of pyridine rings is 1. The van der Waals surface area contributed by atoms with Crippen LogP contribution in [0.3, 0.4) is 0 Å². The lowest BCUT2D eigenvalue weighted by Gasteiger charge is -2.48. The highest BCUT2D eigenvalue weighted by Crippen LogP contribution is 2.52. The lowest BCUT2D eigenvalue weighted by Crippen LogP contribution is -2.47. The molecule has 0 aromatic carbocycles. The molecule has 2 rings (SSSR count). The van der Waals surface area contributed by atoms with Crippen molar-refractivity contribution in [3.05, 3.63) is 30.1 Å². The van der Waals surface area contributed by atoms with E-state index in [0.29, 0.717) is 12.5 Å². The molecule has 1 saturated carbocycles. The van der Waals surface area contributed by atoms with Gasteiger partial charge in [-0.3, -0.25) is 4.98 Å². The minimum atomic E-state index is -0.514. The molecule has 1 aromatic rings. The SMILES string of the molecule is CC1CC(CN)(C(O)c2ccccn2)C1. The van der Waals surface area contributed by atoms with Crippen molar-refractivity contribution in [2.75, 3.05) is 6.54 Å². The molecule has 0 saturated heterocycles. The fourth-order valence-electron chi connectivity index (χ4n) is 2.68. The largest absolute Gasteiger partial charge is 0.386 e. The first-order valence-corrected chi connectivity index (χ1v) is 5.47. The zero-order chi connectivity index (χ0) is 10.9. The van der Waals surface area contributed by atoms with Crippen LogP contribution in [0.5, 0.6) is 0 Å². The van der Waals surface area contributed by atoms with E-state index in [1.807, 2.05) is 18.2 Å². The molecule has 3 heteroatoms. The Hall–Kier alpha value is -0.930. The van der Waals surface area contributed by atoms with Gasteiger partial charge in [0.25, 0.3) is 0 Å². The van der Waals surface area contributed by atoms with Gasteiger partial charge in [-0.25, -0.2) is 0 Å². The summed E-state index contributed by atoms with van der Waals surface area (Å²) in [6.45, 7) is 2.73. The Morgan fingerprint density at radius 3 is 2.80 bits per heavy atom. The Balaban J connectivity index is 2.17. The van der Waals surface area contributed by atoms with Gasteiger partial charge in [-0.15, -0.1) is 0 Å². The highest BCUT2D eigenvalue weighted by molar-refractivity contribution is 5.13. The van der Waals surface area contributed by atoms with E-state index in [-0.39, 0.29) is 5.41 Å². The van der Waals surface area contributed by atoms with Gasteiger partial charge in [-0.1, -0.05) is 13.0 Å². The van der Waals surface area contributed by atoms with Crippen molar-refractivity contribution in [1.82, 2.24) is 4.98 Å². The molecular formula is C12H18N2O. The van der Waals surface area contributed by atoms with Crippen LogP contribution in [-0.4, -0.2) is 16.6 Å². The van der Waals surface area contributed by atoms with Gasteiger partial charge in [-0.2, -0.15) is 0 Å². The zero-order valence-corrected chi connectivity index (χ0v) is 9.06. The summed E-state index contributed by atoms with van der Waals surface area (Å²) in [6.07, 6.45) is 3.20. The van der Waals surface area contributed by atoms with E-state index in [0.717, 1.165) is 18.5 Å². The van der Waals surface area contributed by atoms with E-state index in [4.69, 9.17) is 5.73 Å². The van der Waals surface area contributed by atoms with Crippen LogP contribution in [0.1, 0.15) is 31.6 Å². The fraction of sp³-hybridized carbons (Fsp3) is 0.583. The van der Waals surface area contributed by atoms with Gasteiger partial charge in [0.15, 0.2) is 0 Å². The summed E-state index contributed by atoms with van der Waals surface area (Å²) >= 11 is 0. The lowest BCUT2D eigenvalue weighted by molar-refractivity contribution is -0.0623. The van der Waals surface area contributed by atoms with Crippen molar-refractivity contribution in [3.8, 4) is 0 Å². The maximum Gasteiger partial charge on any atom is 0.103 e. The quantitative estimate of drug-likeness (QED) is 0.787. The Morgan fingerprint density at radius 1 is 1.60 bits per heavy atom. The third-order valence-corrected chi connectivity index (χ3v) is 3.46. The molecule has 0 spiro atoms. The summed E-state index contributed by atoms with van der Waals surface area (Å²) in [5.74, 6) is 0.673. The molecule has 0 amide bonds. The molecule has 82 valence electrons. The van der Waals surface area contributed by atoms with Crippen molar-refractivity contribution in [2.45, 2.75) is 25.9 Å². The van der Waals surface area contributed by atoms with Crippen LogP contribution in [0.2, 0.25) is 0 Å². The van der Waals surface area contributed by atoms with Crippen LogP contribution in [0.25, 0.3) is 0 Å². The van der Waals surface area contributed by atoms with Crippen molar-refractivity contribution in [1.29, 1.82) is 0 Å². The molecule has 15 heavy (non-hydrogen) atoms. The normalized spacial score (nSPS) is 32.1. The molecule has 1 heterocycles. The molecule has 0 aliphatic heterocycles. The second-order valence-corrected chi connectivity index (χ2v) is 4.74. The third-order valence-electron chi connectivity index (χ3n) is 3.46. The molecule has 0 radical (unpaired) electrons. The smallest absolute Gasteiger partial charge is 0.103 e. The molecular weight excluding hydrogens is 188 g/mol. The minimum Gasteiger partial charge on any atom is -0.386 e. The highest BCUT2D eigenvalue weighted by atomic mass is 16.3. The maximum absolute atomic E-state index is 10.3. The second-order valence-electron chi connectivity index (χ2n) is 4.74. The number of aromatic nitrogens is 1. The standard InChI is InChI=1S/C12H18N2O/c1-9-6-12(7-9,8-13)11(15)10-4-2-3-5-14-10/h2-5,9,11,15H,6-8,13H2,1H3. The van der Waals surface area contributed by atoms with Crippen LogP contribution in [0.4, 0.5) is 0 Å². The number of aliphatic hydroxyl groups excluding tert-OH is 1. The van der Waals surface area contributed by atoms with Crippen LogP contribution < -0.4 is 5.73 Å². The first-order chi connectivity index (χ1) is 7.18. The first-order valence-electron chi connectivity index (χ1n) is 5.47. The summed E-state index contributed by atoms with van der Waals surface area (Å²) < 4.78 is 0. The Labute approximate surface area is 90.3 Å². The molecule has 0 bridgehead atoms. The van der Waals surface area contributed by atoms with Gasteiger partial charge in [0.2, 0.25) is 0 Å². The van der Waals surface area contributed by atoms with E-state index in [1.165, 1.54) is 0 Å². The Morgan fingerprint density at radius 2 is 2.33 bits per heavy atom. The van der Waals surface area contributed by atoms with Crippen LogP contribution in [-0.2, 0) is 0 Å². The predicted octanol–water partition coefficient (Wildman–Crippen LogP) is 1.49. The van der Waals surface area contributed by atoms with Gasteiger partial charge >= 0.3 is 0 Å². The third kappa shape index (κ3) is 1.77. The van der Waals surface area contributed by atoms with Gasteiger partial charge in [0.1, 0.15) is 6.10 Å². The van der Waals surface area contributed by atoms with Gasteiger partial charge < -0.3 is 10.8 Å². The van der Waals surface area contributed by atoms with E-state index >= 15 is 0 Å². The molecule has 3 nitrogen and oxygen atoms in total. The molecule has 1 unspecified atom stereocenters. The summed E-state index contributed by atoms with van der Waals surface area (Å²) in [6, 6.07) is 5.62. The van der Waals surface area contributed by atoms with Gasteiger partial charge in [-0.05, 0) is 30.9 Å². The lowest BCUT2D eigenvalue weighted by atomic mass is 9.59. The predicted molar refractivity (Wildman–Crippen MR) is 59.1 cm³/mol. The summed E-state index contributed by atoms with van der Waals surface area (Å²) in [5.41, 5.74) is 6.40. The van der Waals surface area contributed by atoms with Gasteiger partial charge in [0, 0.05) is 18.2 Å². The van der Waals surface area contributed by atoms with Crippen molar-refractivity contribution >= 4 is 0 Å². The van der Waals surface area contributed by atoms with E-state index in [9.17, 15) is 5.11 Å². The zero-order valence-electron chi connectivity index (χ0n) is 9.06. The average molecular weight is 206 g/mol. The Kier molecular flexibility index (Phi) is 2.76. The van der Waals surface area contributed by atoms with Crippen LogP contribution >= 0.6 is 0 Å². The van der Waals surface area contributed by atoms with E-state index in [2.05, 4.69) is 11.9 Å². The van der Waals surface area contributed by atoms with Crippen molar-refractivity contribution in [2.24, 2.45) is 17.1 Å². The number of hydrogen-bond donors (Lipinski definition) is 2. The van der Waals surface area contributed by atoms with Gasteiger partial charge in [0.05, 0.1) is 5.69 Å². The van der Waals surface area contributed by atoms with Crippen molar-refractivity contribution < 1.29 is 5.11 Å². The summed E-state index contributed by atoms with van der Waals surface area (Å²) in [7, 11) is 0. The topological polar surface area (TPSA) is 59.1 Å². The maximum atomic E-state index is 10.3. The minimum absolute atomic E-state index is 0.131. The second kappa shape index (κ2) is 3.91. The van der Waals surface area contributed by atoms with Crippen molar-refractivity contribution in [3.63, 3.8) is 0 Å². The number of hydrogen-bond acceptors (Lipinski definition) is 3. The van der Waals surface area contributed by atoms with E-state index in [1.54, 1.807) is 6.20 Å². The first kappa shape index (κ1) is 10.6. The van der Waals surface area contributed by atoms with E-state index < -0.39 is 6.10 Å². The number of aliphatic hydroxyl groups is 1. The monoisotopic (exact) mass is 206 g/mol. The number of nitrogens with two attached hydrogens (primary N) is 1. The molecule has 1 aromatic heterocycles. The number of rotatable bonds is 3. The van der Waals surface area contributed by atoms with Crippen LogP contribution in [0.15, 0.2) is 24.4 Å². The molecule has 1 atom stereocenters. The van der Waals surface area contributed by atoms with Crippen LogP contribution in [0, 0.1) is 11.3 Å². The highest BCUT2D eigenvalue weighted by Gasteiger charge is 2.47. The average Bonchev–Trinajstić information content (AvgIpc) is 2.25.